The van der Waals surface area contributed by atoms with Crippen LogP contribution in [0.5, 0.6) is 5.75 Å². The van der Waals surface area contributed by atoms with Gasteiger partial charge in [0.2, 0.25) is 0 Å². The molecule has 0 fully saturated rings. The van der Waals surface area contributed by atoms with E-state index in [1.165, 1.54) is 41.3 Å². The number of fused-ring (bicyclic) bond motifs is 1. The summed E-state index contributed by atoms with van der Waals surface area (Å²) in [4.78, 5) is 51.3. The topological polar surface area (TPSA) is 129 Å². The van der Waals surface area contributed by atoms with E-state index in [1.807, 2.05) is 5.32 Å². The Labute approximate surface area is 217 Å². The maximum absolute atomic E-state index is 13.3. The number of carboxylic acids is 1. The highest BCUT2D eigenvalue weighted by Gasteiger charge is 2.34. The van der Waals surface area contributed by atoms with E-state index in [4.69, 9.17) is 16.7 Å². The molecule has 4 rings (SSSR count). The summed E-state index contributed by atoms with van der Waals surface area (Å²) in [6.45, 7) is -1.43. The van der Waals surface area contributed by atoms with Crippen LogP contribution < -0.4 is 10.9 Å². The Kier molecular flexibility index (Phi) is 7.18. The zero-order valence-corrected chi connectivity index (χ0v) is 20.1. The van der Waals surface area contributed by atoms with Crippen LogP contribution in [0.3, 0.4) is 0 Å². The normalized spacial score (nSPS) is 12.8. The van der Waals surface area contributed by atoms with Crippen molar-refractivity contribution < 1.29 is 37.8 Å². The summed E-state index contributed by atoms with van der Waals surface area (Å²) in [7, 11) is 0. The lowest BCUT2D eigenvalue weighted by atomic mass is 10.1. The van der Waals surface area contributed by atoms with Gasteiger partial charge in [0, 0.05) is 21.8 Å². The van der Waals surface area contributed by atoms with Gasteiger partial charge in [0.25, 0.3) is 17.4 Å². The maximum atomic E-state index is 13.3. The molecule has 9 nitrogen and oxygen atoms in total. The minimum absolute atomic E-state index is 0.0827. The number of alkyl halides is 3. The Morgan fingerprint density at radius 3 is 2.21 bits per heavy atom. The third-order valence-corrected chi connectivity index (χ3v) is 6.22. The van der Waals surface area contributed by atoms with Crippen molar-refractivity contribution in [1.82, 2.24) is 14.8 Å². The van der Waals surface area contributed by atoms with Gasteiger partial charge in [0.1, 0.15) is 17.9 Å². The predicted octanol–water partition coefficient (Wildman–Crippen LogP) is 3.24. The van der Waals surface area contributed by atoms with Crippen molar-refractivity contribution in [2.24, 2.45) is 0 Å². The number of hydrogen-bond acceptors (Lipinski definition) is 5. The highest BCUT2D eigenvalue weighted by atomic mass is 35.5. The summed E-state index contributed by atoms with van der Waals surface area (Å²) >= 11 is 5.88. The van der Waals surface area contributed by atoms with Crippen molar-refractivity contribution in [3.05, 3.63) is 97.4 Å². The molecule has 1 aromatic heterocycles. The Morgan fingerprint density at radius 1 is 1.00 bits per heavy atom. The lowest BCUT2D eigenvalue weighted by Gasteiger charge is -2.17. The summed E-state index contributed by atoms with van der Waals surface area (Å²) in [5.74, 6) is -3.70. The number of nitrogens with zero attached hydrogens (tertiary/aromatic N) is 2. The highest BCUT2D eigenvalue weighted by molar-refractivity contribution is 6.30. The molecular formula is C25H19ClF3N3O6. The van der Waals surface area contributed by atoms with Crippen LogP contribution in [0.1, 0.15) is 43.1 Å². The van der Waals surface area contributed by atoms with Gasteiger partial charge in [-0.3, -0.25) is 19.2 Å². The average Bonchev–Trinajstić information content (AvgIpc) is 3.31. The average molecular weight is 550 g/mol. The molecule has 3 N–H and O–H groups in total. The van der Waals surface area contributed by atoms with Gasteiger partial charge in [-0.2, -0.15) is 13.2 Å². The second-order valence-electron chi connectivity index (χ2n) is 8.48. The van der Waals surface area contributed by atoms with Crippen LogP contribution in [-0.4, -0.2) is 44.0 Å². The molecule has 0 unspecified atom stereocenters. The van der Waals surface area contributed by atoms with Crippen molar-refractivity contribution in [2.45, 2.75) is 25.8 Å². The van der Waals surface area contributed by atoms with Gasteiger partial charge in [-0.05, 0) is 42.0 Å². The van der Waals surface area contributed by atoms with Crippen molar-refractivity contribution in [3.8, 4) is 5.75 Å². The zero-order chi connectivity index (χ0) is 27.8. The summed E-state index contributed by atoms with van der Waals surface area (Å²) in [6, 6.07) is 10.0. The fourth-order valence-corrected chi connectivity index (χ4v) is 4.23. The van der Waals surface area contributed by atoms with E-state index in [0.717, 1.165) is 16.7 Å². The van der Waals surface area contributed by atoms with Gasteiger partial charge in [-0.15, -0.1) is 0 Å². The minimum Gasteiger partial charge on any atom is -0.506 e. The van der Waals surface area contributed by atoms with Crippen molar-refractivity contribution in [2.75, 3.05) is 6.54 Å². The molecular weight excluding hydrogens is 531 g/mol. The molecule has 0 saturated heterocycles. The summed E-state index contributed by atoms with van der Waals surface area (Å²) in [5.41, 5.74) is -1.80. The zero-order valence-electron chi connectivity index (χ0n) is 19.4. The van der Waals surface area contributed by atoms with Crippen molar-refractivity contribution >= 4 is 29.4 Å². The number of carbonyl (C=O) groups excluding carboxylic acids is 2. The molecule has 1 aliphatic rings. The first-order valence-corrected chi connectivity index (χ1v) is 11.4. The molecule has 0 radical (unpaired) electrons. The number of nitrogens with one attached hydrogen (secondary N) is 1. The molecule has 2 heterocycles. The number of aromatic nitrogens is 1. The van der Waals surface area contributed by atoms with Crippen LogP contribution in [0, 0.1) is 0 Å². The molecule has 3 aromatic rings. The van der Waals surface area contributed by atoms with E-state index < -0.39 is 52.9 Å². The molecule has 1 aliphatic heterocycles. The second kappa shape index (κ2) is 10.2. The van der Waals surface area contributed by atoms with Crippen LogP contribution >= 0.6 is 11.6 Å². The molecule has 13 heteroatoms. The quantitative estimate of drug-likeness (QED) is 0.433. The van der Waals surface area contributed by atoms with E-state index in [9.17, 15) is 37.5 Å². The van der Waals surface area contributed by atoms with Crippen LogP contribution in [0.2, 0.25) is 5.02 Å². The fraction of sp³-hybridized carbons (Fsp3) is 0.200. The SMILES string of the molecule is O=C(O)CNC(=O)c1c(O)c2c(n(Cc3ccc(C(F)(F)F)cc3)c1=O)CN(C(=O)c1ccc(Cl)cc1)C2. The first-order valence-electron chi connectivity index (χ1n) is 11.0. The molecule has 0 aliphatic carbocycles. The molecule has 2 amide bonds. The van der Waals surface area contributed by atoms with E-state index in [0.29, 0.717) is 5.02 Å². The standard InChI is InChI=1S/C25H19ClF3N3O6/c26-16-7-3-14(4-8-16)23(37)31-11-17-18(12-31)32(10-13-1-5-15(6-2-13)25(27,28)29)24(38)20(21(17)35)22(36)30-9-19(33)34/h1-8,35H,9-12H2,(H,30,36)(H,33,34). The number of rotatable bonds is 6. The Morgan fingerprint density at radius 2 is 1.63 bits per heavy atom. The monoisotopic (exact) mass is 549 g/mol. The largest absolute Gasteiger partial charge is 0.506 e. The number of amides is 2. The minimum atomic E-state index is -4.56. The van der Waals surface area contributed by atoms with Crippen molar-refractivity contribution in [1.29, 1.82) is 0 Å². The third kappa shape index (κ3) is 5.35. The summed E-state index contributed by atoms with van der Waals surface area (Å²) in [5, 5.41) is 22.1. The molecule has 38 heavy (non-hydrogen) atoms. The first kappa shape index (κ1) is 26.7. The van der Waals surface area contributed by atoms with Gasteiger partial charge in [0.05, 0.1) is 25.2 Å². The molecule has 0 saturated carbocycles. The maximum Gasteiger partial charge on any atom is 0.416 e. The number of aliphatic carboxylic acids is 1. The number of aromatic hydroxyl groups is 1. The summed E-state index contributed by atoms with van der Waals surface area (Å²) < 4.78 is 40.0. The Bertz CT molecular complexity index is 1480. The Hall–Kier alpha value is -4.32. The van der Waals surface area contributed by atoms with Gasteiger partial charge < -0.3 is 25.0 Å². The van der Waals surface area contributed by atoms with Gasteiger partial charge >= 0.3 is 12.1 Å². The molecule has 0 spiro atoms. The molecule has 0 bridgehead atoms. The lowest BCUT2D eigenvalue weighted by molar-refractivity contribution is -0.138. The van der Waals surface area contributed by atoms with Gasteiger partial charge in [0.15, 0.2) is 0 Å². The molecule has 198 valence electrons. The van der Waals surface area contributed by atoms with E-state index in [-0.39, 0.29) is 42.0 Å². The highest BCUT2D eigenvalue weighted by Crippen LogP contribution is 2.33. The lowest BCUT2D eigenvalue weighted by Crippen LogP contribution is -2.37. The Balaban J connectivity index is 1.76. The smallest absolute Gasteiger partial charge is 0.416 e. The van der Waals surface area contributed by atoms with Crippen LogP contribution in [0.25, 0.3) is 0 Å². The predicted molar refractivity (Wildman–Crippen MR) is 128 cm³/mol. The van der Waals surface area contributed by atoms with E-state index in [1.54, 1.807) is 0 Å². The number of benzene rings is 2. The molecule has 2 aromatic carbocycles. The van der Waals surface area contributed by atoms with Gasteiger partial charge in [-0.25, -0.2) is 0 Å². The second-order valence-corrected chi connectivity index (χ2v) is 8.92. The first-order chi connectivity index (χ1) is 17.9. The van der Waals surface area contributed by atoms with E-state index in [2.05, 4.69) is 0 Å². The fourth-order valence-electron chi connectivity index (χ4n) is 4.10. The summed E-state index contributed by atoms with van der Waals surface area (Å²) in [6.07, 6.45) is -4.56. The van der Waals surface area contributed by atoms with Gasteiger partial charge in [-0.1, -0.05) is 23.7 Å². The van der Waals surface area contributed by atoms with Crippen LogP contribution in [0.4, 0.5) is 13.2 Å². The van der Waals surface area contributed by atoms with Crippen LogP contribution in [-0.2, 0) is 30.6 Å². The van der Waals surface area contributed by atoms with E-state index >= 15 is 0 Å². The molecule has 0 atom stereocenters. The number of pyridine rings is 1. The third-order valence-electron chi connectivity index (χ3n) is 5.97. The number of carboxylic acid groups (broad SMARTS) is 1. The van der Waals surface area contributed by atoms with Crippen LogP contribution in [0.15, 0.2) is 53.3 Å². The number of halogens is 4. The number of hydrogen-bond donors (Lipinski definition) is 3. The van der Waals surface area contributed by atoms with Crippen molar-refractivity contribution in [3.63, 3.8) is 0 Å². The number of carbonyl (C=O) groups is 3.